The van der Waals surface area contributed by atoms with E-state index in [0.29, 0.717) is 4.88 Å². The lowest BCUT2D eigenvalue weighted by Crippen LogP contribution is -2.09. The molecule has 3 nitrogen and oxygen atoms in total. The lowest BCUT2D eigenvalue weighted by atomic mass is 10.1. The van der Waals surface area contributed by atoms with Crippen LogP contribution in [0.3, 0.4) is 0 Å². The molecule has 0 saturated carbocycles. The zero-order valence-electron chi connectivity index (χ0n) is 9.64. The molecule has 1 aromatic carbocycles. The van der Waals surface area contributed by atoms with Crippen molar-refractivity contribution in [3.8, 4) is 0 Å². The summed E-state index contributed by atoms with van der Waals surface area (Å²) in [7, 11) is 0. The molecule has 0 saturated heterocycles. The summed E-state index contributed by atoms with van der Waals surface area (Å²) in [5, 5.41) is 2.85. The summed E-state index contributed by atoms with van der Waals surface area (Å²) in [5.41, 5.74) is 3.77. The van der Waals surface area contributed by atoms with Gasteiger partial charge in [-0.3, -0.25) is 9.78 Å². The number of thiazole rings is 1. The third kappa shape index (κ3) is 3.14. The van der Waals surface area contributed by atoms with Crippen LogP contribution in [0.4, 0.5) is 5.69 Å². The molecule has 1 amide bonds. The minimum atomic E-state index is -0.101. The van der Waals surface area contributed by atoms with E-state index in [1.807, 2.05) is 24.3 Å². The maximum Gasteiger partial charge on any atom is 0.267 e. The quantitative estimate of drug-likeness (QED) is 0.899. The highest BCUT2D eigenvalue weighted by Gasteiger charge is 2.06. The first-order valence-corrected chi connectivity index (χ1v) is 6.46. The molecule has 0 spiro atoms. The number of hydrogen-bond donors (Lipinski definition) is 1. The largest absolute Gasteiger partial charge is 0.321 e. The summed E-state index contributed by atoms with van der Waals surface area (Å²) in [6.07, 6.45) is 3.78. The summed E-state index contributed by atoms with van der Waals surface area (Å²) in [4.78, 5) is 16.3. The molecule has 0 aliphatic carbocycles. The smallest absolute Gasteiger partial charge is 0.267 e. The van der Waals surface area contributed by atoms with E-state index in [4.69, 9.17) is 0 Å². The number of carbonyl (C=O) groups is 1. The lowest BCUT2D eigenvalue weighted by Gasteiger charge is -2.04. The van der Waals surface area contributed by atoms with Crippen LogP contribution in [0.2, 0.25) is 0 Å². The van der Waals surface area contributed by atoms with Gasteiger partial charge in [0.2, 0.25) is 0 Å². The second-order valence-corrected chi connectivity index (χ2v) is 4.65. The molecule has 4 heteroatoms. The molecule has 0 aliphatic rings. The summed E-state index contributed by atoms with van der Waals surface area (Å²) >= 11 is 1.34. The highest BCUT2D eigenvalue weighted by molar-refractivity contribution is 7.11. The second kappa shape index (κ2) is 5.59. The normalized spacial score (nSPS) is 10.2. The first kappa shape index (κ1) is 11.8. The predicted molar refractivity (Wildman–Crippen MR) is 70.5 cm³/mol. The Hall–Kier alpha value is -1.68. The van der Waals surface area contributed by atoms with Crippen molar-refractivity contribution in [1.29, 1.82) is 0 Å². The summed E-state index contributed by atoms with van der Waals surface area (Å²) < 4.78 is 0. The standard InChI is InChI=1S/C13H14N2OS/c1-2-3-10-4-6-11(7-5-10)15-13(16)12-8-14-9-17-12/h4-9H,2-3H2,1H3,(H,15,16). The molecule has 0 atom stereocenters. The van der Waals surface area contributed by atoms with Crippen molar-refractivity contribution < 1.29 is 4.79 Å². The number of aryl methyl sites for hydroxylation is 1. The van der Waals surface area contributed by atoms with E-state index < -0.39 is 0 Å². The highest BCUT2D eigenvalue weighted by Crippen LogP contribution is 2.13. The van der Waals surface area contributed by atoms with Crippen LogP contribution in [0.1, 0.15) is 28.6 Å². The number of hydrogen-bond acceptors (Lipinski definition) is 3. The van der Waals surface area contributed by atoms with Crippen LogP contribution in [-0.2, 0) is 6.42 Å². The second-order valence-electron chi connectivity index (χ2n) is 3.77. The molecular formula is C13H14N2OS. The average molecular weight is 246 g/mol. The number of benzene rings is 1. The van der Waals surface area contributed by atoms with Crippen molar-refractivity contribution in [3.05, 3.63) is 46.4 Å². The number of amides is 1. The van der Waals surface area contributed by atoms with Crippen molar-refractivity contribution >= 4 is 22.9 Å². The van der Waals surface area contributed by atoms with Gasteiger partial charge in [0, 0.05) is 5.69 Å². The fourth-order valence-electron chi connectivity index (χ4n) is 1.56. The SMILES string of the molecule is CCCc1ccc(NC(=O)c2cncs2)cc1. The average Bonchev–Trinajstić information content (AvgIpc) is 2.86. The molecule has 17 heavy (non-hydrogen) atoms. The minimum absolute atomic E-state index is 0.101. The topological polar surface area (TPSA) is 42.0 Å². The summed E-state index contributed by atoms with van der Waals surface area (Å²) in [6, 6.07) is 7.96. The highest BCUT2D eigenvalue weighted by atomic mass is 32.1. The Morgan fingerprint density at radius 3 is 2.71 bits per heavy atom. The Balaban J connectivity index is 2.01. The molecule has 2 aromatic rings. The Labute approximate surface area is 105 Å². The molecule has 88 valence electrons. The number of rotatable bonds is 4. The van der Waals surface area contributed by atoms with E-state index in [0.717, 1.165) is 18.5 Å². The van der Waals surface area contributed by atoms with Crippen molar-refractivity contribution in [2.24, 2.45) is 0 Å². The Morgan fingerprint density at radius 2 is 2.12 bits per heavy atom. The van der Waals surface area contributed by atoms with E-state index >= 15 is 0 Å². The van der Waals surface area contributed by atoms with Crippen LogP contribution in [0.25, 0.3) is 0 Å². The third-order valence-electron chi connectivity index (χ3n) is 2.41. The molecule has 0 radical (unpaired) electrons. The van der Waals surface area contributed by atoms with E-state index in [9.17, 15) is 4.79 Å². The van der Waals surface area contributed by atoms with Crippen molar-refractivity contribution in [2.45, 2.75) is 19.8 Å². The Morgan fingerprint density at radius 1 is 1.35 bits per heavy atom. The molecule has 2 rings (SSSR count). The van der Waals surface area contributed by atoms with Gasteiger partial charge in [-0.1, -0.05) is 25.5 Å². The maximum atomic E-state index is 11.7. The fraction of sp³-hybridized carbons (Fsp3) is 0.231. The molecule has 1 aromatic heterocycles. The van der Waals surface area contributed by atoms with Crippen LogP contribution >= 0.6 is 11.3 Å². The van der Waals surface area contributed by atoms with E-state index in [2.05, 4.69) is 17.2 Å². The maximum absolute atomic E-state index is 11.7. The van der Waals surface area contributed by atoms with Gasteiger partial charge in [0.15, 0.2) is 0 Å². The summed E-state index contributed by atoms with van der Waals surface area (Å²) in [5.74, 6) is -0.101. The van der Waals surface area contributed by atoms with Gasteiger partial charge in [0.1, 0.15) is 4.88 Å². The van der Waals surface area contributed by atoms with Gasteiger partial charge in [-0.2, -0.15) is 0 Å². The van der Waals surface area contributed by atoms with Gasteiger partial charge in [-0.25, -0.2) is 0 Å². The third-order valence-corrected chi connectivity index (χ3v) is 3.18. The van der Waals surface area contributed by atoms with Gasteiger partial charge >= 0.3 is 0 Å². The van der Waals surface area contributed by atoms with Crippen LogP contribution in [0.5, 0.6) is 0 Å². The first-order chi connectivity index (χ1) is 8.29. The molecule has 0 fully saturated rings. The van der Waals surface area contributed by atoms with Crippen LogP contribution in [0, 0.1) is 0 Å². The van der Waals surface area contributed by atoms with E-state index in [1.165, 1.54) is 16.9 Å². The predicted octanol–water partition coefficient (Wildman–Crippen LogP) is 3.35. The van der Waals surface area contributed by atoms with Gasteiger partial charge in [0.05, 0.1) is 11.7 Å². The van der Waals surface area contributed by atoms with Crippen LogP contribution < -0.4 is 5.32 Å². The minimum Gasteiger partial charge on any atom is -0.321 e. The van der Waals surface area contributed by atoms with Crippen molar-refractivity contribution in [1.82, 2.24) is 4.98 Å². The number of nitrogens with one attached hydrogen (secondary N) is 1. The monoisotopic (exact) mass is 246 g/mol. The van der Waals surface area contributed by atoms with E-state index in [-0.39, 0.29) is 5.91 Å². The molecule has 0 bridgehead atoms. The zero-order chi connectivity index (χ0) is 12.1. The Kier molecular flexibility index (Phi) is 3.88. The van der Waals surface area contributed by atoms with Gasteiger partial charge < -0.3 is 5.32 Å². The molecule has 1 heterocycles. The van der Waals surface area contributed by atoms with Gasteiger partial charge in [-0.05, 0) is 24.1 Å². The van der Waals surface area contributed by atoms with Gasteiger partial charge in [-0.15, -0.1) is 11.3 Å². The zero-order valence-corrected chi connectivity index (χ0v) is 10.5. The van der Waals surface area contributed by atoms with Crippen molar-refractivity contribution in [2.75, 3.05) is 5.32 Å². The lowest BCUT2D eigenvalue weighted by molar-refractivity contribution is 0.103. The molecule has 0 aliphatic heterocycles. The Bertz CT molecular complexity index is 477. The van der Waals surface area contributed by atoms with Gasteiger partial charge in [0.25, 0.3) is 5.91 Å². The summed E-state index contributed by atoms with van der Waals surface area (Å²) in [6.45, 7) is 2.15. The molecule has 0 unspecified atom stereocenters. The molecular weight excluding hydrogens is 232 g/mol. The van der Waals surface area contributed by atoms with Crippen LogP contribution in [-0.4, -0.2) is 10.9 Å². The number of aromatic nitrogens is 1. The van der Waals surface area contributed by atoms with E-state index in [1.54, 1.807) is 11.7 Å². The van der Waals surface area contributed by atoms with Crippen molar-refractivity contribution in [3.63, 3.8) is 0 Å². The fourth-order valence-corrected chi connectivity index (χ4v) is 2.08. The van der Waals surface area contributed by atoms with Crippen LogP contribution in [0.15, 0.2) is 36.0 Å². The first-order valence-electron chi connectivity index (χ1n) is 5.58. The number of carbonyl (C=O) groups excluding carboxylic acids is 1. The number of nitrogens with zero attached hydrogens (tertiary/aromatic N) is 1. The molecule has 1 N–H and O–H groups in total. The number of anilines is 1.